The van der Waals surface area contributed by atoms with E-state index in [1.807, 2.05) is 36.4 Å². The molecule has 170 valence electrons. The van der Waals surface area contributed by atoms with Crippen LogP contribution < -0.4 is 0 Å². The first-order valence-electron chi connectivity index (χ1n) is 12.9. The number of esters is 1. The van der Waals surface area contributed by atoms with E-state index in [1.165, 1.54) is 32.1 Å². The van der Waals surface area contributed by atoms with Crippen molar-refractivity contribution in [3.63, 3.8) is 0 Å². The number of allylic oxidation sites excluding steroid dienone is 2. The van der Waals surface area contributed by atoms with Gasteiger partial charge in [-0.3, -0.25) is 0 Å². The third kappa shape index (κ3) is 3.12. The topological polar surface area (TPSA) is 26.3 Å². The van der Waals surface area contributed by atoms with E-state index in [2.05, 4.69) is 31.1 Å². The number of rotatable bonds is 2. The van der Waals surface area contributed by atoms with Gasteiger partial charge >= 0.3 is 5.97 Å². The van der Waals surface area contributed by atoms with Crippen LogP contribution in [0.2, 0.25) is 0 Å². The van der Waals surface area contributed by atoms with Gasteiger partial charge in [0.05, 0.1) is 5.56 Å². The molecule has 2 aromatic rings. The van der Waals surface area contributed by atoms with E-state index in [-0.39, 0.29) is 11.4 Å². The van der Waals surface area contributed by atoms with Crippen LogP contribution in [0.5, 0.6) is 0 Å². The normalized spacial score (nSPS) is 39.2. The summed E-state index contributed by atoms with van der Waals surface area (Å²) in [5.41, 5.74) is -0.333. The van der Waals surface area contributed by atoms with E-state index in [0.717, 1.165) is 53.7 Å². The Bertz CT molecular complexity index is 1150. The molecular weight excluding hydrogens is 404 g/mol. The number of ether oxygens (including phenoxy) is 1. The lowest BCUT2D eigenvalue weighted by Crippen LogP contribution is -2.54. The summed E-state index contributed by atoms with van der Waals surface area (Å²) in [5, 5.41) is 2.18. The van der Waals surface area contributed by atoms with E-state index in [9.17, 15) is 4.79 Å². The first kappa shape index (κ1) is 21.0. The molecule has 4 aliphatic carbocycles. The monoisotopic (exact) mass is 438 g/mol. The average molecular weight is 439 g/mol. The molecular formula is C31H34O2. The summed E-state index contributed by atoms with van der Waals surface area (Å²) in [6.07, 6.45) is 20.4. The standard InChI is InChI=1S/C31H34O2/c1-3-31(33-29(32)24-13-12-21-8-4-5-10-23(21)20-24)19-17-28-27-15-14-22-9-6-7-11-25(22)26(27)16-18-30(28,31)2/h1,4-8,10,12-13,20,22,25-28H,9,11,14-19H2,2H3/t22?,25-,26+,27+,28-,30-,31-/m0/s1. The minimum atomic E-state index is -0.797. The zero-order valence-electron chi connectivity index (χ0n) is 19.6. The first-order chi connectivity index (χ1) is 16.0. The molecule has 2 aromatic carbocycles. The van der Waals surface area contributed by atoms with Crippen LogP contribution in [0.15, 0.2) is 54.6 Å². The minimum absolute atomic E-state index is 0.132. The van der Waals surface area contributed by atoms with Gasteiger partial charge in [-0.25, -0.2) is 4.79 Å². The molecule has 0 bridgehead atoms. The molecule has 0 aromatic heterocycles. The Morgan fingerprint density at radius 3 is 2.61 bits per heavy atom. The quantitative estimate of drug-likeness (QED) is 0.282. The van der Waals surface area contributed by atoms with Gasteiger partial charge in [0.25, 0.3) is 0 Å². The van der Waals surface area contributed by atoms with Crippen molar-refractivity contribution in [1.29, 1.82) is 0 Å². The Hall–Kier alpha value is -2.53. The molecule has 0 heterocycles. The van der Waals surface area contributed by atoms with Gasteiger partial charge < -0.3 is 4.74 Å². The SMILES string of the molecule is C#C[C@]1(OC(=O)c2ccc3ccccc3c2)CC[C@H]2[C@@H]3CCC4CC=CC[C@@H]4[C@H]3CC[C@@]21C. The Kier molecular flexibility index (Phi) is 4.95. The summed E-state index contributed by atoms with van der Waals surface area (Å²) in [7, 11) is 0. The summed E-state index contributed by atoms with van der Waals surface area (Å²) in [6.45, 7) is 2.33. The van der Waals surface area contributed by atoms with E-state index in [1.54, 1.807) is 0 Å². The van der Waals surface area contributed by atoms with Crippen LogP contribution in [0.1, 0.15) is 68.6 Å². The highest BCUT2D eigenvalue weighted by Gasteiger charge is 2.64. The fourth-order valence-electron chi connectivity index (χ4n) is 8.38. The number of hydrogen-bond donors (Lipinski definition) is 0. The fraction of sp³-hybridized carbons (Fsp3) is 0.516. The van der Waals surface area contributed by atoms with Gasteiger partial charge in [-0.1, -0.05) is 55.3 Å². The van der Waals surface area contributed by atoms with Crippen molar-refractivity contribution in [3.05, 3.63) is 60.2 Å². The Labute approximate surface area is 197 Å². The highest BCUT2D eigenvalue weighted by molar-refractivity contribution is 5.95. The largest absolute Gasteiger partial charge is 0.442 e. The third-order valence-electron chi connectivity index (χ3n) is 10.1. The van der Waals surface area contributed by atoms with Gasteiger partial charge in [0.1, 0.15) is 0 Å². The second-order valence-corrected chi connectivity index (χ2v) is 11.3. The number of benzene rings is 2. The Morgan fingerprint density at radius 1 is 0.939 bits per heavy atom. The molecule has 2 nitrogen and oxygen atoms in total. The summed E-state index contributed by atoms with van der Waals surface area (Å²) in [5.74, 6) is 6.61. The molecule has 1 unspecified atom stereocenters. The van der Waals surface area contributed by atoms with E-state index < -0.39 is 5.60 Å². The van der Waals surface area contributed by atoms with Gasteiger partial charge in [-0.2, -0.15) is 0 Å². The molecule has 4 aliphatic rings. The predicted molar refractivity (Wildman–Crippen MR) is 133 cm³/mol. The third-order valence-corrected chi connectivity index (χ3v) is 10.1. The molecule has 0 amide bonds. The number of carbonyl (C=O) groups is 1. The van der Waals surface area contributed by atoms with Crippen molar-refractivity contribution in [2.45, 2.75) is 63.9 Å². The van der Waals surface area contributed by atoms with Crippen LogP contribution in [0, 0.1) is 47.3 Å². The molecule has 7 atom stereocenters. The van der Waals surface area contributed by atoms with Crippen molar-refractivity contribution in [2.24, 2.45) is 35.0 Å². The molecule has 2 heteroatoms. The molecule has 3 fully saturated rings. The number of terminal acetylenes is 1. The molecule has 0 N–H and O–H groups in total. The summed E-state index contributed by atoms with van der Waals surface area (Å²) < 4.78 is 6.36. The number of hydrogen-bond acceptors (Lipinski definition) is 2. The van der Waals surface area contributed by atoms with E-state index in [0.29, 0.717) is 11.5 Å². The average Bonchev–Trinajstić information content (AvgIpc) is 3.15. The van der Waals surface area contributed by atoms with Crippen LogP contribution in [0.25, 0.3) is 10.8 Å². The maximum atomic E-state index is 13.4. The van der Waals surface area contributed by atoms with E-state index in [4.69, 9.17) is 11.2 Å². The van der Waals surface area contributed by atoms with Crippen LogP contribution in [0.3, 0.4) is 0 Å². The van der Waals surface area contributed by atoms with Crippen LogP contribution in [-0.4, -0.2) is 11.6 Å². The number of carbonyl (C=O) groups excluding carboxylic acids is 1. The second kappa shape index (κ2) is 7.76. The summed E-state index contributed by atoms with van der Waals surface area (Å²) >= 11 is 0. The van der Waals surface area contributed by atoms with Crippen molar-refractivity contribution in [2.75, 3.05) is 0 Å². The lowest BCUT2D eigenvalue weighted by Gasteiger charge is -2.56. The van der Waals surface area contributed by atoms with Gasteiger partial charge in [0, 0.05) is 5.41 Å². The lowest BCUT2D eigenvalue weighted by molar-refractivity contribution is -0.106. The molecule has 0 aliphatic heterocycles. The predicted octanol–water partition coefficient (Wildman–Crippen LogP) is 7.19. The molecule has 0 spiro atoms. The van der Waals surface area contributed by atoms with Crippen molar-refractivity contribution in [1.82, 2.24) is 0 Å². The van der Waals surface area contributed by atoms with Gasteiger partial charge in [-0.05, 0) is 104 Å². The van der Waals surface area contributed by atoms with Gasteiger partial charge in [0.15, 0.2) is 5.60 Å². The Morgan fingerprint density at radius 2 is 1.76 bits per heavy atom. The zero-order chi connectivity index (χ0) is 22.6. The van der Waals surface area contributed by atoms with Crippen LogP contribution in [0.4, 0.5) is 0 Å². The minimum Gasteiger partial charge on any atom is -0.442 e. The maximum absolute atomic E-state index is 13.4. The smallest absolute Gasteiger partial charge is 0.339 e. The Balaban J connectivity index is 1.27. The maximum Gasteiger partial charge on any atom is 0.339 e. The van der Waals surface area contributed by atoms with Crippen molar-refractivity contribution < 1.29 is 9.53 Å². The summed E-state index contributed by atoms with van der Waals surface area (Å²) in [4.78, 5) is 13.4. The van der Waals surface area contributed by atoms with E-state index >= 15 is 0 Å². The highest BCUT2D eigenvalue weighted by Crippen LogP contribution is 2.65. The lowest BCUT2D eigenvalue weighted by atomic mass is 9.49. The molecule has 0 saturated heterocycles. The second-order valence-electron chi connectivity index (χ2n) is 11.3. The number of fused-ring (bicyclic) bond motifs is 6. The van der Waals surface area contributed by atoms with Crippen LogP contribution in [-0.2, 0) is 4.74 Å². The van der Waals surface area contributed by atoms with Gasteiger partial charge in [0.2, 0.25) is 0 Å². The fourth-order valence-corrected chi connectivity index (χ4v) is 8.38. The highest BCUT2D eigenvalue weighted by atomic mass is 16.6. The van der Waals surface area contributed by atoms with Gasteiger partial charge in [-0.15, -0.1) is 6.42 Å². The van der Waals surface area contributed by atoms with Crippen molar-refractivity contribution in [3.8, 4) is 12.3 Å². The molecule has 33 heavy (non-hydrogen) atoms. The van der Waals surface area contributed by atoms with Crippen molar-refractivity contribution >= 4 is 16.7 Å². The van der Waals surface area contributed by atoms with Crippen LogP contribution >= 0.6 is 0 Å². The summed E-state index contributed by atoms with van der Waals surface area (Å²) in [6, 6.07) is 13.9. The molecule has 3 saturated carbocycles. The molecule has 6 rings (SSSR count). The zero-order valence-corrected chi connectivity index (χ0v) is 19.6. The first-order valence-corrected chi connectivity index (χ1v) is 12.9. The molecule has 0 radical (unpaired) electrons.